The number of likely N-dealkylation sites (N-methyl/N-ethyl adjacent to an activating group) is 1. The largest absolute Gasteiger partial charge is 0.355 e. The molecule has 1 aromatic rings. The minimum Gasteiger partial charge on any atom is -0.355 e. The third-order valence-electron chi connectivity index (χ3n) is 4.60. The van der Waals surface area contributed by atoms with Gasteiger partial charge in [-0.25, -0.2) is 0 Å². The summed E-state index contributed by atoms with van der Waals surface area (Å²) in [5, 5.41) is 3.50. The molecular weight excluding hydrogens is 399 g/mol. The summed E-state index contributed by atoms with van der Waals surface area (Å²) in [6.07, 6.45) is 1.20. The highest BCUT2D eigenvalue weighted by Gasteiger charge is 2.25. The van der Waals surface area contributed by atoms with Gasteiger partial charge in [0.25, 0.3) is 0 Å². The van der Waals surface area contributed by atoms with Crippen molar-refractivity contribution in [2.24, 2.45) is 4.99 Å². The lowest BCUT2D eigenvalue weighted by molar-refractivity contribution is 0.277. The van der Waals surface area contributed by atoms with E-state index in [1.54, 1.807) is 0 Å². The van der Waals surface area contributed by atoms with Gasteiger partial charge in [0.15, 0.2) is 5.96 Å². The Bertz CT molecular complexity index is 475. The minimum atomic E-state index is 0. The average Bonchev–Trinajstić information content (AvgIpc) is 3.02. The van der Waals surface area contributed by atoms with Crippen LogP contribution in [0.15, 0.2) is 35.3 Å². The first-order valence-corrected chi connectivity index (χ1v) is 8.32. The van der Waals surface area contributed by atoms with Crippen LogP contribution in [-0.4, -0.2) is 62.1 Å². The second kappa shape index (κ2) is 10.1. The van der Waals surface area contributed by atoms with Gasteiger partial charge in [0.2, 0.25) is 0 Å². The van der Waals surface area contributed by atoms with Gasteiger partial charge < -0.3 is 15.1 Å². The number of nitrogens with zero attached hydrogens (tertiary/aromatic N) is 3. The van der Waals surface area contributed by atoms with Crippen LogP contribution < -0.4 is 5.32 Å². The first-order chi connectivity index (χ1) is 10.6. The standard InChI is InChI=1S/C18H30N4.HI/c1-15(2)21(4)13-11-20-18(19-3)22-12-10-17(14-22)16-8-6-5-7-9-16;/h5-9,15,17H,10-14H2,1-4H3,(H,19,20);1H. The molecule has 1 unspecified atom stereocenters. The van der Waals surface area contributed by atoms with E-state index < -0.39 is 0 Å². The van der Waals surface area contributed by atoms with Crippen molar-refractivity contribution < 1.29 is 0 Å². The number of nitrogens with one attached hydrogen (secondary N) is 1. The van der Waals surface area contributed by atoms with Crippen LogP contribution >= 0.6 is 24.0 Å². The second-order valence-electron chi connectivity index (χ2n) is 6.39. The lowest BCUT2D eigenvalue weighted by atomic mass is 9.99. The van der Waals surface area contributed by atoms with Gasteiger partial charge in [-0.05, 0) is 32.9 Å². The Hall–Kier alpha value is -0.820. The maximum Gasteiger partial charge on any atom is 0.193 e. The van der Waals surface area contributed by atoms with E-state index in [1.807, 2.05) is 7.05 Å². The van der Waals surface area contributed by atoms with E-state index in [9.17, 15) is 0 Å². The van der Waals surface area contributed by atoms with Gasteiger partial charge in [-0.2, -0.15) is 0 Å². The van der Waals surface area contributed by atoms with Crippen molar-refractivity contribution in [3.8, 4) is 0 Å². The molecule has 0 radical (unpaired) electrons. The highest BCUT2D eigenvalue weighted by molar-refractivity contribution is 14.0. The molecule has 1 atom stereocenters. The predicted molar refractivity (Wildman–Crippen MR) is 110 cm³/mol. The first-order valence-electron chi connectivity index (χ1n) is 8.32. The molecule has 1 heterocycles. The monoisotopic (exact) mass is 430 g/mol. The number of rotatable bonds is 5. The van der Waals surface area contributed by atoms with E-state index >= 15 is 0 Å². The summed E-state index contributed by atoms with van der Waals surface area (Å²) in [6, 6.07) is 11.4. The summed E-state index contributed by atoms with van der Waals surface area (Å²) in [4.78, 5) is 9.18. The van der Waals surface area contributed by atoms with Crippen molar-refractivity contribution in [1.82, 2.24) is 15.1 Å². The normalized spacial score (nSPS) is 18.4. The highest BCUT2D eigenvalue weighted by atomic mass is 127. The van der Waals surface area contributed by atoms with E-state index in [0.717, 1.165) is 32.1 Å². The summed E-state index contributed by atoms with van der Waals surface area (Å²) in [5.74, 6) is 1.66. The molecule has 1 aliphatic rings. The third kappa shape index (κ3) is 5.95. The summed E-state index contributed by atoms with van der Waals surface area (Å²) in [7, 11) is 4.04. The Morgan fingerprint density at radius 2 is 2.04 bits per heavy atom. The van der Waals surface area contributed by atoms with E-state index in [-0.39, 0.29) is 24.0 Å². The Balaban J connectivity index is 0.00000264. The molecule has 0 amide bonds. The third-order valence-corrected chi connectivity index (χ3v) is 4.60. The van der Waals surface area contributed by atoms with Crippen LogP contribution in [0.5, 0.6) is 0 Å². The Morgan fingerprint density at radius 3 is 2.65 bits per heavy atom. The molecule has 0 bridgehead atoms. The van der Waals surface area contributed by atoms with Gasteiger partial charge >= 0.3 is 0 Å². The molecule has 1 N–H and O–H groups in total. The lowest BCUT2D eigenvalue weighted by Crippen LogP contribution is -2.43. The van der Waals surface area contributed by atoms with Crippen molar-refractivity contribution in [3.05, 3.63) is 35.9 Å². The minimum absolute atomic E-state index is 0. The molecular formula is C18H31IN4. The van der Waals surface area contributed by atoms with Crippen molar-refractivity contribution in [1.29, 1.82) is 0 Å². The van der Waals surface area contributed by atoms with E-state index in [2.05, 4.69) is 71.3 Å². The number of aliphatic imine (C=N–C) groups is 1. The summed E-state index contributed by atoms with van der Waals surface area (Å²) in [6.45, 7) is 8.56. The number of hydrogen-bond acceptors (Lipinski definition) is 2. The molecule has 0 saturated carbocycles. The van der Waals surface area contributed by atoms with Crippen molar-refractivity contribution in [2.75, 3.05) is 40.3 Å². The molecule has 2 rings (SSSR count). The molecule has 1 aromatic carbocycles. The fourth-order valence-electron chi connectivity index (χ4n) is 2.88. The number of guanidine groups is 1. The predicted octanol–water partition coefficient (Wildman–Crippen LogP) is 3.01. The maximum atomic E-state index is 4.45. The molecule has 1 fully saturated rings. The van der Waals surface area contributed by atoms with Gasteiger partial charge in [0.1, 0.15) is 0 Å². The fraction of sp³-hybridized carbons (Fsp3) is 0.611. The number of likely N-dealkylation sites (tertiary alicyclic amines) is 1. The highest BCUT2D eigenvalue weighted by Crippen LogP contribution is 2.26. The number of hydrogen-bond donors (Lipinski definition) is 1. The van der Waals surface area contributed by atoms with Gasteiger partial charge in [-0.3, -0.25) is 4.99 Å². The molecule has 130 valence electrons. The molecule has 0 spiro atoms. The molecule has 0 aromatic heterocycles. The zero-order valence-corrected chi connectivity index (χ0v) is 17.2. The van der Waals surface area contributed by atoms with Gasteiger partial charge in [0.05, 0.1) is 0 Å². The van der Waals surface area contributed by atoms with Crippen LogP contribution in [0, 0.1) is 0 Å². The van der Waals surface area contributed by atoms with Crippen LogP contribution in [0.4, 0.5) is 0 Å². The SMILES string of the molecule is CN=C(NCCN(C)C(C)C)N1CCC(c2ccccc2)C1.I. The van der Waals surface area contributed by atoms with Crippen LogP contribution in [0.1, 0.15) is 31.7 Å². The molecule has 23 heavy (non-hydrogen) atoms. The zero-order valence-electron chi connectivity index (χ0n) is 14.8. The molecule has 1 aliphatic heterocycles. The van der Waals surface area contributed by atoms with E-state index in [1.165, 1.54) is 12.0 Å². The first kappa shape index (κ1) is 20.2. The maximum absolute atomic E-state index is 4.45. The lowest BCUT2D eigenvalue weighted by Gasteiger charge is -2.25. The van der Waals surface area contributed by atoms with E-state index in [4.69, 9.17) is 0 Å². The molecule has 4 nitrogen and oxygen atoms in total. The van der Waals surface area contributed by atoms with Crippen molar-refractivity contribution in [2.45, 2.75) is 32.2 Å². The van der Waals surface area contributed by atoms with E-state index in [0.29, 0.717) is 12.0 Å². The zero-order chi connectivity index (χ0) is 15.9. The Labute approximate surface area is 158 Å². The van der Waals surface area contributed by atoms with Crippen LogP contribution in [0.25, 0.3) is 0 Å². The van der Waals surface area contributed by atoms with Gasteiger partial charge in [0, 0.05) is 45.2 Å². The second-order valence-corrected chi connectivity index (χ2v) is 6.39. The summed E-state index contributed by atoms with van der Waals surface area (Å²) in [5.41, 5.74) is 1.44. The molecule has 1 saturated heterocycles. The smallest absolute Gasteiger partial charge is 0.193 e. The van der Waals surface area contributed by atoms with Crippen LogP contribution in [-0.2, 0) is 0 Å². The Morgan fingerprint density at radius 1 is 1.35 bits per heavy atom. The van der Waals surface area contributed by atoms with Crippen molar-refractivity contribution in [3.63, 3.8) is 0 Å². The molecule has 0 aliphatic carbocycles. The number of halogens is 1. The Kier molecular flexibility index (Phi) is 8.91. The molecule has 5 heteroatoms. The fourth-order valence-corrected chi connectivity index (χ4v) is 2.88. The van der Waals surface area contributed by atoms with Crippen LogP contribution in [0.2, 0.25) is 0 Å². The summed E-state index contributed by atoms with van der Waals surface area (Å²) < 4.78 is 0. The topological polar surface area (TPSA) is 30.9 Å². The number of benzene rings is 1. The van der Waals surface area contributed by atoms with Gasteiger partial charge in [-0.1, -0.05) is 30.3 Å². The van der Waals surface area contributed by atoms with Crippen molar-refractivity contribution >= 4 is 29.9 Å². The summed E-state index contributed by atoms with van der Waals surface area (Å²) >= 11 is 0. The van der Waals surface area contributed by atoms with Crippen LogP contribution in [0.3, 0.4) is 0 Å². The van der Waals surface area contributed by atoms with Gasteiger partial charge in [-0.15, -0.1) is 24.0 Å². The average molecular weight is 430 g/mol. The quantitative estimate of drug-likeness (QED) is 0.443.